The number of likely N-dealkylation sites (tertiary alicyclic amines) is 1. The molecule has 1 unspecified atom stereocenters. The fourth-order valence-corrected chi connectivity index (χ4v) is 1.71. The van der Waals surface area contributed by atoms with Crippen molar-refractivity contribution in [2.45, 2.75) is 51.3 Å². The summed E-state index contributed by atoms with van der Waals surface area (Å²) in [7, 11) is 0. The molecule has 1 amide bonds. The number of carbonyl (C=O) groups excluding carboxylic acids is 1. The lowest BCUT2D eigenvalue weighted by atomic mass is 10.2. The van der Waals surface area contributed by atoms with Crippen molar-refractivity contribution in [1.82, 2.24) is 10.2 Å². The number of amides is 1. The van der Waals surface area contributed by atoms with Gasteiger partial charge in [0, 0.05) is 12.6 Å². The van der Waals surface area contributed by atoms with E-state index < -0.39 is 37.1 Å². The number of carbonyl (C=O) groups is 1. The van der Waals surface area contributed by atoms with E-state index in [0.717, 1.165) is 6.92 Å². The molecule has 0 spiro atoms. The number of halogens is 4. The number of nitrogens with one attached hydrogen (secondary N) is 1. The van der Waals surface area contributed by atoms with Gasteiger partial charge in [0.1, 0.15) is 0 Å². The van der Waals surface area contributed by atoms with Crippen molar-refractivity contribution in [3.8, 4) is 0 Å². The average Bonchev–Trinajstić information content (AvgIpc) is 2.54. The lowest BCUT2D eigenvalue weighted by Crippen LogP contribution is -2.43. The number of alkyl carbamates (subject to hydrolysis) is 1. The van der Waals surface area contributed by atoms with Crippen LogP contribution in [0.2, 0.25) is 0 Å². The van der Waals surface area contributed by atoms with Gasteiger partial charge in [0.2, 0.25) is 0 Å². The van der Waals surface area contributed by atoms with Crippen LogP contribution in [0, 0.1) is 0 Å². The highest BCUT2D eigenvalue weighted by atomic mass is 19.3. The second kappa shape index (κ2) is 5.94. The van der Waals surface area contributed by atoms with Gasteiger partial charge < -0.3 is 10.1 Å². The second-order valence-electron chi connectivity index (χ2n) is 4.95. The Labute approximate surface area is 109 Å². The maximum atomic E-state index is 13.6. The van der Waals surface area contributed by atoms with E-state index in [4.69, 9.17) is 0 Å². The van der Waals surface area contributed by atoms with E-state index in [1.54, 1.807) is 13.8 Å². The molecular formula is C11H18F4N2O2. The predicted molar refractivity (Wildman–Crippen MR) is 60.5 cm³/mol. The standard InChI is InChI=1S/C11H18F4N2O2/c1-6(2)17-4-8(11(14,15)5-17)19-10(18)16-7(3)9(12)13/h6-9H,4-5H2,1-3H3,(H,16,18)/t7?,8-/m0/s1. The number of ether oxygens (including phenoxy) is 1. The summed E-state index contributed by atoms with van der Waals surface area (Å²) >= 11 is 0. The van der Waals surface area contributed by atoms with E-state index in [9.17, 15) is 22.4 Å². The van der Waals surface area contributed by atoms with Crippen molar-refractivity contribution in [3.63, 3.8) is 0 Å². The lowest BCUT2D eigenvalue weighted by Gasteiger charge is -2.20. The molecule has 1 fully saturated rings. The van der Waals surface area contributed by atoms with Crippen molar-refractivity contribution in [2.24, 2.45) is 0 Å². The van der Waals surface area contributed by atoms with Crippen LogP contribution in [0.25, 0.3) is 0 Å². The summed E-state index contributed by atoms with van der Waals surface area (Å²) in [5.74, 6) is -3.17. The van der Waals surface area contributed by atoms with Crippen molar-refractivity contribution >= 4 is 6.09 Å². The molecule has 0 bridgehead atoms. The Morgan fingerprint density at radius 2 is 1.95 bits per heavy atom. The van der Waals surface area contributed by atoms with Crippen LogP contribution in [-0.2, 0) is 4.74 Å². The fourth-order valence-electron chi connectivity index (χ4n) is 1.71. The first-order chi connectivity index (χ1) is 8.63. The van der Waals surface area contributed by atoms with Crippen LogP contribution in [0.5, 0.6) is 0 Å². The third kappa shape index (κ3) is 4.22. The highest BCUT2D eigenvalue weighted by molar-refractivity contribution is 5.68. The van der Waals surface area contributed by atoms with E-state index in [-0.39, 0.29) is 12.6 Å². The molecule has 1 aliphatic rings. The molecule has 1 rings (SSSR count). The molecule has 19 heavy (non-hydrogen) atoms. The summed E-state index contributed by atoms with van der Waals surface area (Å²) in [5.41, 5.74) is 0. The molecule has 1 heterocycles. The third-order valence-corrected chi connectivity index (χ3v) is 2.99. The number of hydrogen-bond acceptors (Lipinski definition) is 3. The van der Waals surface area contributed by atoms with Crippen molar-refractivity contribution in [3.05, 3.63) is 0 Å². The van der Waals surface area contributed by atoms with E-state index in [1.807, 2.05) is 5.32 Å². The van der Waals surface area contributed by atoms with Crippen LogP contribution in [0.1, 0.15) is 20.8 Å². The maximum absolute atomic E-state index is 13.6. The summed E-state index contributed by atoms with van der Waals surface area (Å²) in [4.78, 5) is 12.7. The normalized spacial score (nSPS) is 24.8. The molecule has 0 aromatic carbocycles. The summed E-state index contributed by atoms with van der Waals surface area (Å²) in [5, 5.41) is 1.83. The number of hydrogen-bond donors (Lipinski definition) is 1. The first-order valence-corrected chi connectivity index (χ1v) is 6.00. The van der Waals surface area contributed by atoms with Gasteiger partial charge in [-0.25, -0.2) is 22.4 Å². The molecule has 112 valence electrons. The molecule has 1 N–H and O–H groups in total. The molecular weight excluding hydrogens is 268 g/mol. The van der Waals surface area contributed by atoms with Crippen LogP contribution in [0.4, 0.5) is 22.4 Å². The molecule has 0 aliphatic carbocycles. The summed E-state index contributed by atoms with van der Waals surface area (Å²) in [6.07, 6.45) is -5.63. The Hall–Kier alpha value is -1.05. The van der Waals surface area contributed by atoms with Gasteiger partial charge in [-0.1, -0.05) is 0 Å². The van der Waals surface area contributed by atoms with Gasteiger partial charge in [0.15, 0.2) is 6.10 Å². The summed E-state index contributed by atoms with van der Waals surface area (Å²) in [6, 6.07) is -1.55. The highest BCUT2D eigenvalue weighted by Crippen LogP contribution is 2.31. The second-order valence-corrected chi connectivity index (χ2v) is 4.95. The Kier molecular flexibility index (Phi) is 5.00. The smallest absolute Gasteiger partial charge is 0.408 e. The van der Waals surface area contributed by atoms with Crippen molar-refractivity contribution in [1.29, 1.82) is 0 Å². The van der Waals surface area contributed by atoms with E-state index >= 15 is 0 Å². The first-order valence-electron chi connectivity index (χ1n) is 6.00. The third-order valence-electron chi connectivity index (χ3n) is 2.99. The van der Waals surface area contributed by atoms with Gasteiger partial charge in [-0.15, -0.1) is 0 Å². The molecule has 2 atom stereocenters. The van der Waals surface area contributed by atoms with Crippen LogP contribution >= 0.6 is 0 Å². The van der Waals surface area contributed by atoms with Crippen molar-refractivity contribution in [2.75, 3.05) is 13.1 Å². The molecule has 1 saturated heterocycles. The van der Waals surface area contributed by atoms with Gasteiger partial charge >= 0.3 is 6.09 Å². The van der Waals surface area contributed by atoms with Gasteiger partial charge in [-0.05, 0) is 20.8 Å². The van der Waals surface area contributed by atoms with Crippen LogP contribution in [-0.4, -0.2) is 54.6 Å². The zero-order valence-electron chi connectivity index (χ0n) is 11.0. The van der Waals surface area contributed by atoms with Gasteiger partial charge in [0.05, 0.1) is 12.6 Å². The fraction of sp³-hybridized carbons (Fsp3) is 0.909. The van der Waals surface area contributed by atoms with Crippen LogP contribution in [0.3, 0.4) is 0 Å². The zero-order valence-corrected chi connectivity index (χ0v) is 11.0. The minimum Gasteiger partial charge on any atom is -0.438 e. The monoisotopic (exact) mass is 286 g/mol. The Morgan fingerprint density at radius 1 is 1.37 bits per heavy atom. The Morgan fingerprint density at radius 3 is 2.37 bits per heavy atom. The molecule has 8 heteroatoms. The maximum Gasteiger partial charge on any atom is 0.408 e. The molecule has 0 radical (unpaired) electrons. The van der Waals surface area contributed by atoms with E-state index in [0.29, 0.717) is 0 Å². The minimum absolute atomic E-state index is 0.109. The van der Waals surface area contributed by atoms with Crippen LogP contribution in [0.15, 0.2) is 0 Å². The van der Waals surface area contributed by atoms with Crippen LogP contribution < -0.4 is 5.32 Å². The van der Waals surface area contributed by atoms with E-state index in [2.05, 4.69) is 4.74 Å². The Balaban J connectivity index is 2.54. The molecule has 0 aromatic heterocycles. The summed E-state index contributed by atoms with van der Waals surface area (Å²) < 4.78 is 56.1. The SMILES string of the molecule is CC(NC(=O)O[C@H]1CN(C(C)C)CC1(F)F)C(F)F. The number of rotatable bonds is 4. The number of nitrogens with zero attached hydrogens (tertiary/aromatic N) is 1. The van der Waals surface area contributed by atoms with E-state index in [1.165, 1.54) is 4.90 Å². The lowest BCUT2D eigenvalue weighted by molar-refractivity contribution is -0.0791. The topological polar surface area (TPSA) is 41.6 Å². The molecule has 4 nitrogen and oxygen atoms in total. The minimum atomic E-state index is -3.17. The Bertz CT molecular complexity index is 326. The average molecular weight is 286 g/mol. The van der Waals surface area contributed by atoms with Gasteiger partial charge in [-0.3, -0.25) is 4.90 Å². The molecule has 1 aliphatic heterocycles. The first kappa shape index (κ1) is 16.0. The molecule has 0 saturated carbocycles. The molecule has 0 aromatic rings. The van der Waals surface area contributed by atoms with Gasteiger partial charge in [0.25, 0.3) is 12.3 Å². The zero-order chi connectivity index (χ0) is 14.8. The quantitative estimate of drug-likeness (QED) is 0.805. The predicted octanol–water partition coefficient (Wildman–Crippen LogP) is 2.09. The van der Waals surface area contributed by atoms with Crippen molar-refractivity contribution < 1.29 is 27.1 Å². The number of alkyl halides is 4. The highest BCUT2D eigenvalue weighted by Gasteiger charge is 2.51. The largest absolute Gasteiger partial charge is 0.438 e. The van der Waals surface area contributed by atoms with Gasteiger partial charge in [-0.2, -0.15) is 0 Å². The summed E-state index contributed by atoms with van der Waals surface area (Å²) in [6.45, 7) is 3.95.